The molecule has 2 saturated heterocycles. The van der Waals surface area contributed by atoms with Gasteiger partial charge in [0.05, 0.1) is 19.2 Å². The van der Waals surface area contributed by atoms with Gasteiger partial charge in [-0.05, 0) is 55.6 Å². The molecule has 2 aromatic rings. The van der Waals surface area contributed by atoms with Gasteiger partial charge in [0.2, 0.25) is 5.91 Å². The zero-order chi connectivity index (χ0) is 29.8. The van der Waals surface area contributed by atoms with Gasteiger partial charge < -0.3 is 39.5 Å². The molecule has 11 heteroatoms. The summed E-state index contributed by atoms with van der Waals surface area (Å²) in [5.41, 5.74) is 1.27. The molecule has 230 valence electrons. The minimum Gasteiger partial charge on any atom is -0.493 e. The van der Waals surface area contributed by atoms with Gasteiger partial charge in [-0.3, -0.25) is 14.4 Å². The summed E-state index contributed by atoms with van der Waals surface area (Å²) in [6.07, 6.45) is 2.28. The maximum atomic E-state index is 13.6. The predicted molar refractivity (Wildman–Crippen MR) is 159 cm³/mol. The average molecular weight is 592 g/mol. The van der Waals surface area contributed by atoms with Crippen molar-refractivity contribution >= 4 is 17.7 Å². The van der Waals surface area contributed by atoms with Crippen LogP contribution in [0.25, 0.3) is 0 Å². The first-order valence-corrected chi connectivity index (χ1v) is 15.3. The van der Waals surface area contributed by atoms with Crippen molar-refractivity contribution in [2.45, 2.75) is 38.0 Å². The van der Waals surface area contributed by atoms with Crippen molar-refractivity contribution in [3.8, 4) is 17.2 Å². The fourth-order valence-electron chi connectivity index (χ4n) is 5.60. The molecule has 4 aliphatic heterocycles. The average Bonchev–Trinajstić information content (AvgIpc) is 3.77. The fraction of sp³-hybridized carbons (Fsp3) is 0.531. The molecule has 0 aromatic heterocycles. The van der Waals surface area contributed by atoms with Gasteiger partial charge in [-0.15, -0.1) is 0 Å². The van der Waals surface area contributed by atoms with E-state index in [2.05, 4.69) is 27.5 Å². The second-order valence-corrected chi connectivity index (χ2v) is 12.1. The molecule has 7 rings (SSSR count). The molecular formula is C32H41N5O6. The van der Waals surface area contributed by atoms with Crippen molar-refractivity contribution in [2.75, 3.05) is 66.1 Å². The summed E-state index contributed by atoms with van der Waals surface area (Å²) < 4.78 is 18.1. The zero-order valence-electron chi connectivity index (χ0n) is 24.8. The van der Waals surface area contributed by atoms with E-state index in [4.69, 9.17) is 14.2 Å². The van der Waals surface area contributed by atoms with E-state index in [-0.39, 0.29) is 24.3 Å². The number of fused-ring (bicyclic) bond motifs is 7. The van der Waals surface area contributed by atoms with Gasteiger partial charge >= 0.3 is 0 Å². The lowest BCUT2D eigenvalue weighted by Gasteiger charge is -2.32. The number of benzene rings is 2. The topological polar surface area (TPSA) is 113 Å². The molecule has 2 atom stereocenters. The highest BCUT2D eigenvalue weighted by molar-refractivity contribution is 5.95. The Bertz CT molecular complexity index is 1310. The smallest absolute Gasteiger partial charge is 0.258 e. The Morgan fingerprint density at radius 1 is 1.00 bits per heavy atom. The quantitative estimate of drug-likeness (QED) is 0.520. The number of ether oxygens (including phenoxy) is 3. The lowest BCUT2D eigenvalue weighted by atomic mass is 10.1. The van der Waals surface area contributed by atoms with Crippen molar-refractivity contribution in [1.82, 2.24) is 25.3 Å². The molecule has 2 N–H and O–H groups in total. The number of piperazine rings is 1. The van der Waals surface area contributed by atoms with Crippen LogP contribution in [0.5, 0.6) is 17.2 Å². The first-order valence-electron chi connectivity index (χ1n) is 15.3. The van der Waals surface area contributed by atoms with Crippen molar-refractivity contribution in [3.05, 3.63) is 53.6 Å². The van der Waals surface area contributed by atoms with Crippen molar-refractivity contribution in [3.63, 3.8) is 0 Å². The molecule has 4 bridgehead atoms. The highest BCUT2D eigenvalue weighted by Crippen LogP contribution is 2.31. The Morgan fingerprint density at radius 3 is 2.56 bits per heavy atom. The lowest BCUT2D eigenvalue weighted by molar-refractivity contribution is -0.131. The summed E-state index contributed by atoms with van der Waals surface area (Å²) in [7, 11) is 2.12. The summed E-state index contributed by atoms with van der Waals surface area (Å²) in [5.74, 6) is 1.53. The molecule has 0 spiro atoms. The minimum absolute atomic E-state index is 0.0590. The van der Waals surface area contributed by atoms with Gasteiger partial charge in [0, 0.05) is 63.9 Å². The molecule has 2 aromatic carbocycles. The molecule has 4 heterocycles. The van der Waals surface area contributed by atoms with Crippen LogP contribution in [-0.4, -0.2) is 111 Å². The second kappa shape index (κ2) is 13.2. The van der Waals surface area contributed by atoms with E-state index in [1.54, 1.807) is 23.1 Å². The van der Waals surface area contributed by atoms with Crippen LogP contribution in [0.15, 0.2) is 42.5 Å². The van der Waals surface area contributed by atoms with Gasteiger partial charge in [-0.2, -0.15) is 0 Å². The van der Waals surface area contributed by atoms with Crippen LogP contribution >= 0.6 is 0 Å². The SMILES string of the molecule is CN1CCN(CCC(=O)N2C[C@@H]3NC(=O)c4cc(cc(OCC5CC5)c4)OCC(=O)NCc4ccc(cc4)O[C@H]3C2)CC1. The summed E-state index contributed by atoms with van der Waals surface area (Å²) in [5, 5.41) is 5.98. The maximum absolute atomic E-state index is 13.6. The zero-order valence-corrected chi connectivity index (χ0v) is 24.8. The standard InChI is InChI=1S/C32H41N5O6/c1-35-10-12-36(13-11-35)9-8-31(39)37-18-28-29(19-37)43-25-6-4-22(5-7-25)17-33-30(38)21-42-27-15-24(32(40)34-28)14-26(16-27)41-20-23-2-3-23/h4-7,14-16,23,28-29H,2-3,8-13,17-21H2,1H3,(H,33,38)(H,34,40)/t28-,29-/m0/s1. The van der Waals surface area contributed by atoms with Gasteiger partial charge in [-0.1, -0.05) is 12.1 Å². The Kier molecular flexibility index (Phi) is 8.99. The summed E-state index contributed by atoms with van der Waals surface area (Å²) >= 11 is 0. The largest absolute Gasteiger partial charge is 0.493 e. The van der Waals surface area contributed by atoms with Gasteiger partial charge in [0.1, 0.15) is 23.4 Å². The van der Waals surface area contributed by atoms with Gasteiger partial charge in [0.25, 0.3) is 11.8 Å². The van der Waals surface area contributed by atoms with Crippen molar-refractivity contribution in [2.24, 2.45) is 5.92 Å². The molecule has 0 unspecified atom stereocenters. The molecule has 1 saturated carbocycles. The van der Waals surface area contributed by atoms with E-state index in [1.807, 2.05) is 24.3 Å². The van der Waals surface area contributed by atoms with Crippen LogP contribution in [0.1, 0.15) is 35.2 Å². The summed E-state index contributed by atoms with van der Waals surface area (Å²) in [6.45, 7) is 6.13. The monoisotopic (exact) mass is 591 g/mol. The third kappa shape index (κ3) is 7.97. The van der Waals surface area contributed by atoms with Gasteiger partial charge in [-0.25, -0.2) is 0 Å². The number of likely N-dealkylation sites (N-methyl/N-ethyl adjacent to an activating group) is 1. The van der Waals surface area contributed by atoms with Crippen LogP contribution in [-0.2, 0) is 16.1 Å². The fourth-order valence-corrected chi connectivity index (χ4v) is 5.60. The summed E-state index contributed by atoms with van der Waals surface area (Å²) in [4.78, 5) is 45.8. The van der Waals surface area contributed by atoms with E-state index in [1.165, 1.54) is 0 Å². The molecule has 0 radical (unpaired) electrons. The molecular weight excluding hydrogens is 550 g/mol. The van der Waals surface area contributed by atoms with Gasteiger partial charge in [0.15, 0.2) is 6.61 Å². The van der Waals surface area contributed by atoms with E-state index < -0.39 is 12.1 Å². The highest BCUT2D eigenvalue weighted by Gasteiger charge is 2.38. The lowest BCUT2D eigenvalue weighted by Crippen LogP contribution is -2.46. The van der Waals surface area contributed by atoms with E-state index in [0.717, 1.165) is 51.1 Å². The molecule has 1 aliphatic carbocycles. The predicted octanol–water partition coefficient (Wildman–Crippen LogP) is 1.51. The van der Waals surface area contributed by atoms with Crippen LogP contribution in [0, 0.1) is 5.92 Å². The third-order valence-corrected chi connectivity index (χ3v) is 8.57. The maximum Gasteiger partial charge on any atom is 0.258 e. The Hall–Kier alpha value is -3.83. The molecule has 5 aliphatic rings. The molecule has 11 nitrogen and oxygen atoms in total. The number of hydrogen-bond donors (Lipinski definition) is 2. The third-order valence-electron chi connectivity index (χ3n) is 8.57. The number of carbonyl (C=O) groups excluding carboxylic acids is 3. The summed E-state index contributed by atoms with van der Waals surface area (Å²) in [6, 6.07) is 12.1. The Labute approximate surface area is 252 Å². The van der Waals surface area contributed by atoms with Crippen LogP contribution < -0.4 is 24.8 Å². The van der Waals surface area contributed by atoms with Crippen LogP contribution in [0.3, 0.4) is 0 Å². The normalized spacial score (nSPS) is 23.4. The number of nitrogens with zero attached hydrogens (tertiary/aromatic N) is 3. The van der Waals surface area contributed by atoms with Crippen LogP contribution in [0.4, 0.5) is 0 Å². The Morgan fingerprint density at radius 2 is 1.79 bits per heavy atom. The van der Waals surface area contributed by atoms with E-state index in [9.17, 15) is 14.4 Å². The molecule has 3 fully saturated rings. The number of nitrogens with one attached hydrogen (secondary N) is 2. The first-order chi connectivity index (χ1) is 20.9. The number of likely N-dealkylation sites (tertiary alicyclic amines) is 1. The molecule has 3 amide bonds. The van der Waals surface area contributed by atoms with E-state index >= 15 is 0 Å². The highest BCUT2D eigenvalue weighted by atomic mass is 16.5. The first kappa shape index (κ1) is 29.3. The number of amides is 3. The minimum atomic E-state index is -0.428. The van der Waals surface area contributed by atoms with Crippen molar-refractivity contribution < 1.29 is 28.6 Å². The number of hydrogen-bond acceptors (Lipinski definition) is 8. The Balaban J connectivity index is 1.20. The van der Waals surface area contributed by atoms with E-state index in [0.29, 0.717) is 61.4 Å². The number of carbonyl (C=O) groups is 3. The number of rotatable bonds is 6. The second-order valence-electron chi connectivity index (χ2n) is 12.1. The molecule has 43 heavy (non-hydrogen) atoms. The van der Waals surface area contributed by atoms with Crippen LogP contribution in [0.2, 0.25) is 0 Å². The van der Waals surface area contributed by atoms with Crippen molar-refractivity contribution in [1.29, 1.82) is 0 Å².